The molecule has 0 radical (unpaired) electrons. The minimum Gasteiger partial charge on any atom is -0.477 e. The molecule has 2 N–H and O–H groups in total. The molecule has 1 heterocycles. The van der Waals surface area contributed by atoms with Crippen LogP contribution in [0.1, 0.15) is 20.8 Å². The van der Waals surface area contributed by atoms with E-state index in [9.17, 15) is 4.79 Å². The van der Waals surface area contributed by atoms with Crippen LogP contribution in [0.4, 0.5) is 5.69 Å². The Labute approximate surface area is 114 Å². The number of carboxylic acids is 1. The van der Waals surface area contributed by atoms with Gasteiger partial charge in [0.05, 0.1) is 12.5 Å². The van der Waals surface area contributed by atoms with Gasteiger partial charge in [-0.1, -0.05) is 12.1 Å². The number of rotatable bonds is 5. The fraction of sp³-hybridized carbons (Fsp3) is 0.143. The molecule has 2 rings (SSSR count). The Bertz CT molecular complexity index is 611. The summed E-state index contributed by atoms with van der Waals surface area (Å²) in [4.78, 5) is 11.3. The summed E-state index contributed by atoms with van der Waals surface area (Å²) >= 11 is 1.23. The summed E-state index contributed by atoms with van der Waals surface area (Å²) in [5, 5.41) is 22.5. The first kappa shape index (κ1) is 13.1. The molecule has 1 aromatic carbocycles. The Morgan fingerprint density at radius 2 is 2.05 bits per heavy atom. The lowest BCUT2D eigenvalue weighted by atomic mass is 10.1. The number of hydrogen-bond acceptors (Lipinski definition) is 4. The van der Waals surface area contributed by atoms with E-state index in [0.717, 1.165) is 16.8 Å². The number of hydrogen-bond donors (Lipinski definition) is 2. The Morgan fingerprint density at radius 3 is 2.68 bits per heavy atom. The second-order valence-corrected chi connectivity index (χ2v) is 4.88. The average Bonchev–Trinajstić information content (AvgIpc) is 2.87. The molecule has 0 spiro atoms. The normalized spacial score (nSPS) is 9.84. The van der Waals surface area contributed by atoms with Crippen molar-refractivity contribution < 1.29 is 9.90 Å². The Kier molecular flexibility index (Phi) is 4.16. The summed E-state index contributed by atoms with van der Waals surface area (Å²) in [5.74, 6) is -0.892. The molecule has 0 aliphatic heterocycles. The lowest BCUT2D eigenvalue weighted by Gasteiger charge is -2.06. The van der Waals surface area contributed by atoms with Crippen molar-refractivity contribution in [2.24, 2.45) is 0 Å². The molecular formula is C14H12N2O2S. The predicted molar refractivity (Wildman–Crippen MR) is 74.4 cm³/mol. The highest BCUT2D eigenvalue weighted by Crippen LogP contribution is 2.18. The zero-order chi connectivity index (χ0) is 13.7. The zero-order valence-corrected chi connectivity index (χ0v) is 10.9. The fourth-order valence-electron chi connectivity index (χ4n) is 1.69. The van der Waals surface area contributed by atoms with Crippen molar-refractivity contribution in [2.45, 2.75) is 13.0 Å². The van der Waals surface area contributed by atoms with Crippen LogP contribution in [0.25, 0.3) is 0 Å². The molecule has 4 nitrogen and oxygen atoms in total. The second kappa shape index (κ2) is 6.03. The van der Waals surface area contributed by atoms with E-state index < -0.39 is 5.97 Å². The zero-order valence-electron chi connectivity index (χ0n) is 10.1. The molecular weight excluding hydrogens is 260 g/mol. The molecule has 2 aromatic rings. The maximum Gasteiger partial charge on any atom is 0.346 e. The average molecular weight is 272 g/mol. The van der Waals surface area contributed by atoms with Crippen LogP contribution in [-0.2, 0) is 13.0 Å². The van der Waals surface area contributed by atoms with E-state index in [-0.39, 0.29) is 0 Å². The van der Waals surface area contributed by atoms with Crippen LogP contribution in [-0.4, -0.2) is 11.1 Å². The molecule has 0 aliphatic carbocycles. The minimum atomic E-state index is -0.892. The number of thiophene rings is 1. The molecule has 0 aliphatic rings. The fourth-order valence-corrected chi connectivity index (χ4v) is 2.45. The summed E-state index contributed by atoms with van der Waals surface area (Å²) in [6, 6.07) is 11.5. The number of benzene rings is 1. The lowest BCUT2D eigenvalue weighted by Crippen LogP contribution is -2.03. The van der Waals surface area contributed by atoms with Crippen molar-refractivity contribution in [1.82, 2.24) is 0 Å². The Balaban J connectivity index is 2.00. The molecule has 0 fully saturated rings. The van der Waals surface area contributed by atoms with E-state index in [0.29, 0.717) is 17.8 Å². The van der Waals surface area contributed by atoms with Crippen LogP contribution in [0.5, 0.6) is 0 Å². The summed E-state index contributed by atoms with van der Waals surface area (Å²) in [5.41, 5.74) is 2.65. The van der Waals surface area contributed by atoms with Gasteiger partial charge in [0.25, 0.3) is 0 Å². The highest BCUT2D eigenvalue weighted by atomic mass is 32.1. The van der Waals surface area contributed by atoms with Crippen LogP contribution in [0.15, 0.2) is 35.7 Å². The largest absolute Gasteiger partial charge is 0.477 e. The molecule has 0 saturated carbocycles. The Morgan fingerprint density at radius 1 is 1.32 bits per heavy atom. The molecule has 1 aromatic heterocycles. The van der Waals surface area contributed by atoms with Crippen molar-refractivity contribution >= 4 is 23.0 Å². The number of carbonyl (C=O) groups is 1. The van der Waals surface area contributed by atoms with E-state index in [2.05, 4.69) is 11.4 Å². The SMILES string of the molecule is N#CCc1ccc(NCc2ccsc2C(=O)O)cc1. The van der Waals surface area contributed by atoms with E-state index in [1.807, 2.05) is 30.3 Å². The van der Waals surface area contributed by atoms with Crippen molar-refractivity contribution in [3.63, 3.8) is 0 Å². The third-order valence-corrected chi connectivity index (χ3v) is 3.61. The molecule has 0 bridgehead atoms. The number of nitrogens with zero attached hydrogens (tertiary/aromatic N) is 1. The van der Waals surface area contributed by atoms with Crippen molar-refractivity contribution in [2.75, 3.05) is 5.32 Å². The summed E-state index contributed by atoms with van der Waals surface area (Å²) < 4.78 is 0. The summed E-state index contributed by atoms with van der Waals surface area (Å²) in [6.45, 7) is 0.475. The van der Waals surface area contributed by atoms with Crippen LogP contribution >= 0.6 is 11.3 Å². The van der Waals surface area contributed by atoms with Crippen LogP contribution in [0, 0.1) is 11.3 Å². The predicted octanol–water partition coefficient (Wildman–Crippen LogP) is 3.12. The molecule has 0 unspecified atom stereocenters. The number of carboxylic acid groups (broad SMARTS) is 1. The summed E-state index contributed by atoms with van der Waals surface area (Å²) in [6.07, 6.45) is 0.397. The van der Waals surface area contributed by atoms with Gasteiger partial charge in [-0.3, -0.25) is 0 Å². The third kappa shape index (κ3) is 3.33. The highest BCUT2D eigenvalue weighted by Gasteiger charge is 2.10. The summed E-state index contributed by atoms with van der Waals surface area (Å²) in [7, 11) is 0. The minimum absolute atomic E-state index is 0.369. The molecule has 19 heavy (non-hydrogen) atoms. The third-order valence-electron chi connectivity index (χ3n) is 2.66. The lowest BCUT2D eigenvalue weighted by molar-refractivity contribution is 0.0701. The van der Waals surface area contributed by atoms with E-state index >= 15 is 0 Å². The Hall–Kier alpha value is -2.32. The first-order valence-corrected chi connectivity index (χ1v) is 6.58. The molecule has 5 heteroatoms. The molecule has 0 saturated heterocycles. The van der Waals surface area contributed by atoms with Gasteiger partial charge in [-0.2, -0.15) is 5.26 Å². The maximum atomic E-state index is 11.0. The number of nitriles is 1. The van der Waals surface area contributed by atoms with Gasteiger partial charge in [0, 0.05) is 12.2 Å². The van der Waals surface area contributed by atoms with Gasteiger partial charge in [-0.25, -0.2) is 4.79 Å². The monoisotopic (exact) mass is 272 g/mol. The van der Waals surface area contributed by atoms with E-state index in [1.54, 1.807) is 5.38 Å². The maximum absolute atomic E-state index is 11.0. The van der Waals surface area contributed by atoms with Gasteiger partial charge in [0.1, 0.15) is 4.88 Å². The van der Waals surface area contributed by atoms with Gasteiger partial charge in [-0.05, 0) is 34.7 Å². The van der Waals surface area contributed by atoms with E-state index in [4.69, 9.17) is 10.4 Å². The number of anilines is 1. The van der Waals surface area contributed by atoms with Crippen molar-refractivity contribution in [3.05, 3.63) is 51.7 Å². The van der Waals surface area contributed by atoms with Gasteiger partial charge in [-0.15, -0.1) is 11.3 Å². The number of nitrogens with one attached hydrogen (secondary N) is 1. The van der Waals surface area contributed by atoms with Gasteiger partial charge < -0.3 is 10.4 Å². The first-order chi connectivity index (χ1) is 9.20. The highest BCUT2D eigenvalue weighted by molar-refractivity contribution is 7.12. The van der Waals surface area contributed by atoms with Gasteiger partial charge in [0.15, 0.2) is 0 Å². The van der Waals surface area contributed by atoms with Gasteiger partial charge in [0.2, 0.25) is 0 Å². The quantitative estimate of drug-likeness (QED) is 0.877. The molecule has 96 valence electrons. The van der Waals surface area contributed by atoms with Crippen molar-refractivity contribution in [1.29, 1.82) is 5.26 Å². The molecule has 0 amide bonds. The standard InChI is InChI=1S/C14H12N2O2S/c15-7-5-10-1-3-12(4-2-10)16-9-11-6-8-19-13(11)14(17)18/h1-4,6,8,16H,5,9H2,(H,17,18). The van der Waals surface area contributed by atoms with Crippen LogP contribution < -0.4 is 5.32 Å². The molecule has 0 atom stereocenters. The number of aromatic carboxylic acids is 1. The first-order valence-electron chi connectivity index (χ1n) is 5.70. The van der Waals surface area contributed by atoms with Crippen LogP contribution in [0.2, 0.25) is 0 Å². The van der Waals surface area contributed by atoms with Gasteiger partial charge >= 0.3 is 5.97 Å². The smallest absolute Gasteiger partial charge is 0.346 e. The second-order valence-electron chi connectivity index (χ2n) is 3.97. The topological polar surface area (TPSA) is 73.1 Å². The van der Waals surface area contributed by atoms with Crippen LogP contribution in [0.3, 0.4) is 0 Å². The van der Waals surface area contributed by atoms with Crippen molar-refractivity contribution in [3.8, 4) is 6.07 Å². The van der Waals surface area contributed by atoms with E-state index in [1.165, 1.54) is 11.3 Å².